The number of carbonyl (C=O) groups excluding carboxylic acids is 1. The zero-order valence-corrected chi connectivity index (χ0v) is 12.8. The molecule has 0 aliphatic heterocycles. The monoisotopic (exact) mass is 329 g/mol. The van der Waals surface area contributed by atoms with Crippen molar-refractivity contribution in [1.82, 2.24) is 4.98 Å². The van der Waals surface area contributed by atoms with Crippen molar-refractivity contribution >= 4 is 39.8 Å². The molecule has 3 aromatic rings. The standard InChI is InChI=1S/C16H12ClN3O3/c1-9-6-7-10(8-13(9)20(22)23)18-16(21)15-14(17)11-4-2-3-5-12(11)19-15/h2-8,19H,1H3,(H,18,21). The number of halogens is 1. The highest BCUT2D eigenvalue weighted by Crippen LogP contribution is 2.28. The molecule has 7 heteroatoms. The number of benzene rings is 2. The van der Waals surface area contributed by atoms with E-state index in [1.165, 1.54) is 6.07 Å². The fourth-order valence-corrected chi connectivity index (χ4v) is 2.64. The van der Waals surface area contributed by atoms with E-state index in [2.05, 4.69) is 10.3 Å². The summed E-state index contributed by atoms with van der Waals surface area (Å²) in [6.07, 6.45) is 0. The summed E-state index contributed by atoms with van der Waals surface area (Å²) in [6, 6.07) is 11.8. The van der Waals surface area contributed by atoms with Crippen LogP contribution in [0.4, 0.5) is 11.4 Å². The van der Waals surface area contributed by atoms with Gasteiger partial charge in [-0.05, 0) is 19.1 Å². The van der Waals surface area contributed by atoms with Gasteiger partial charge in [0.25, 0.3) is 11.6 Å². The average Bonchev–Trinajstić information content (AvgIpc) is 2.86. The Morgan fingerprint density at radius 2 is 2.00 bits per heavy atom. The van der Waals surface area contributed by atoms with E-state index in [0.717, 1.165) is 10.9 Å². The number of nitro benzene ring substituents is 1. The van der Waals surface area contributed by atoms with Crippen LogP contribution >= 0.6 is 11.6 Å². The normalized spacial score (nSPS) is 10.7. The van der Waals surface area contributed by atoms with Crippen LogP contribution in [-0.2, 0) is 0 Å². The van der Waals surface area contributed by atoms with E-state index in [1.54, 1.807) is 19.1 Å². The number of aryl methyl sites for hydroxylation is 1. The molecule has 2 N–H and O–H groups in total. The number of aromatic amines is 1. The Bertz CT molecular complexity index is 933. The van der Waals surface area contributed by atoms with Gasteiger partial charge in [0.1, 0.15) is 5.69 Å². The molecule has 0 bridgehead atoms. The Labute approximate surface area is 136 Å². The van der Waals surface area contributed by atoms with Crippen LogP contribution in [0.1, 0.15) is 16.1 Å². The average molecular weight is 330 g/mol. The molecule has 23 heavy (non-hydrogen) atoms. The zero-order valence-electron chi connectivity index (χ0n) is 12.1. The number of H-pyrrole nitrogens is 1. The minimum absolute atomic E-state index is 0.0504. The van der Waals surface area contributed by atoms with Crippen molar-refractivity contribution in [2.75, 3.05) is 5.32 Å². The van der Waals surface area contributed by atoms with Gasteiger partial charge in [-0.3, -0.25) is 14.9 Å². The van der Waals surface area contributed by atoms with Crippen molar-refractivity contribution in [3.63, 3.8) is 0 Å². The third kappa shape index (κ3) is 2.76. The lowest BCUT2D eigenvalue weighted by Crippen LogP contribution is -2.13. The molecule has 3 rings (SSSR count). The molecule has 0 fully saturated rings. The van der Waals surface area contributed by atoms with E-state index in [0.29, 0.717) is 16.3 Å². The Morgan fingerprint density at radius 3 is 2.70 bits per heavy atom. The van der Waals surface area contributed by atoms with Crippen LogP contribution in [0, 0.1) is 17.0 Å². The topological polar surface area (TPSA) is 88.0 Å². The number of anilines is 1. The first-order chi connectivity index (χ1) is 11.0. The molecule has 2 aromatic carbocycles. The fraction of sp³-hybridized carbons (Fsp3) is 0.0625. The number of nitrogens with one attached hydrogen (secondary N) is 2. The fourth-order valence-electron chi connectivity index (χ4n) is 2.34. The summed E-state index contributed by atoms with van der Waals surface area (Å²) in [5, 5.41) is 14.7. The molecule has 0 aliphatic carbocycles. The van der Waals surface area contributed by atoms with E-state index >= 15 is 0 Å². The van der Waals surface area contributed by atoms with E-state index < -0.39 is 10.8 Å². The lowest BCUT2D eigenvalue weighted by atomic mass is 10.2. The minimum Gasteiger partial charge on any atom is -0.349 e. The highest BCUT2D eigenvalue weighted by Gasteiger charge is 2.18. The summed E-state index contributed by atoms with van der Waals surface area (Å²) in [5.74, 6) is -0.454. The Kier molecular flexibility index (Phi) is 3.75. The second-order valence-electron chi connectivity index (χ2n) is 5.07. The molecule has 0 atom stereocenters. The highest BCUT2D eigenvalue weighted by molar-refractivity contribution is 6.39. The van der Waals surface area contributed by atoms with E-state index in [-0.39, 0.29) is 11.4 Å². The lowest BCUT2D eigenvalue weighted by molar-refractivity contribution is -0.385. The molecule has 116 valence electrons. The number of amides is 1. The molecule has 0 saturated carbocycles. The molecule has 0 saturated heterocycles. The number of aromatic nitrogens is 1. The number of nitro groups is 1. The van der Waals surface area contributed by atoms with Gasteiger partial charge >= 0.3 is 0 Å². The number of fused-ring (bicyclic) bond motifs is 1. The summed E-state index contributed by atoms with van der Waals surface area (Å²) in [7, 11) is 0. The van der Waals surface area contributed by atoms with Gasteiger partial charge in [-0.1, -0.05) is 35.9 Å². The molecule has 1 heterocycles. The molecule has 1 amide bonds. The number of hydrogen-bond acceptors (Lipinski definition) is 3. The van der Waals surface area contributed by atoms with Gasteiger partial charge in [-0.25, -0.2) is 0 Å². The summed E-state index contributed by atoms with van der Waals surface area (Å²) in [6.45, 7) is 1.64. The Morgan fingerprint density at radius 1 is 1.26 bits per heavy atom. The predicted molar refractivity (Wildman–Crippen MR) is 89.1 cm³/mol. The van der Waals surface area contributed by atoms with Crippen molar-refractivity contribution in [1.29, 1.82) is 0 Å². The first-order valence-corrected chi connectivity index (χ1v) is 7.18. The van der Waals surface area contributed by atoms with E-state index in [1.807, 2.05) is 24.3 Å². The summed E-state index contributed by atoms with van der Waals surface area (Å²) in [5.41, 5.74) is 1.78. The largest absolute Gasteiger partial charge is 0.349 e. The predicted octanol–water partition coefficient (Wildman–Crippen LogP) is 4.29. The van der Waals surface area contributed by atoms with Gasteiger partial charge < -0.3 is 10.3 Å². The van der Waals surface area contributed by atoms with Gasteiger partial charge in [-0.15, -0.1) is 0 Å². The SMILES string of the molecule is Cc1ccc(NC(=O)c2[nH]c3ccccc3c2Cl)cc1[N+](=O)[O-]. The molecule has 0 aliphatic rings. The maximum absolute atomic E-state index is 12.4. The number of carbonyl (C=O) groups is 1. The van der Waals surface area contributed by atoms with Crippen molar-refractivity contribution in [3.05, 3.63) is 68.9 Å². The van der Waals surface area contributed by atoms with Crippen molar-refractivity contribution in [3.8, 4) is 0 Å². The summed E-state index contributed by atoms with van der Waals surface area (Å²) < 4.78 is 0. The number of rotatable bonds is 3. The Hall–Kier alpha value is -2.86. The van der Waals surface area contributed by atoms with Crippen LogP contribution in [0.15, 0.2) is 42.5 Å². The zero-order chi connectivity index (χ0) is 16.6. The van der Waals surface area contributed by atoms with Crippen molar-refractivity contribution in [2.45, 2.75) is 6.92 Å². The van der Waals surface area contributed by atoms with Crippen molar-refractivity contribution in [2.24, 2.45) is 0 Å². The maximum atomic E-state index is 12.4. The molecular weight excluding hydrogens is 318 g/mol. The van der Waals surface area contributed by atoms with Crippen LogP contribution in [0.2, 0.25) is 5.02 Å². The maximum Gasteiger partial charge on any atom is 0.274 e. The first kappa shape index (κ1) is 15.1. The van der Waals surface area contributed by atoms with Crippen LogP contribution in [0.25, 0.3) is 10.9 Å². The molecular formula is C16H12ClN3O3. The van der Waals surface area contributed by atoms with E-state index in [9.17, 15) is 14.9 Å². The minimum atomic E-state index is -0.485. The highest BCUT2D eigenvalue weighted by atomic mass is 35.5. The van der Waals surface area contributed by atoms with Crippen LogP contribution in [0.3, 0.4) is 0 Å². The molecule has 1 aromatic heterocycles. The summed E-state index contributed by atoms with van der Waals surface area (Å²) >= 11 is 6.22. The van der Waals surface area contributed by atoms with Crippen molar-refractivity contribution < 1.29 is 9.72 Å². The molecule has 0 radical (unpaired) electrons. The number of hydrogen-bond donors (Lipinski definition) is 2. The van der Waals surface area contributed by atoms with Gasteiger partial charge in [-0.2, -0.15) is 0 Å². The number of nitrogens with zero attached hydrogens (tertiary/aromatic N) is 1. The molecule has 6 nitrogen and oxygen atoms in total. The molecule has 0 spiro atoms. The van der Waals surface area contributed by atoms with Gasteiger partial charge in [0.05, 0.1) is 9.95 Å². The van der Waals surface area contributed by atoms with Crippen LogP contribution < -0.4 is 5.32 Å². The van der Waals surface area contributed by atoms with E-state index in [4.69, 9.17) is 11.6 Å². The second kappa shape index (κ2) is 5.73. The van der Waals surface area contributed by atoms with Crippen LogP contribution in [-0.4, -0.2) is 15.8 Å². The first-order valence-electron chi connectivity index (χ1n) is 6.80. The quantitative estimate of drug-likeness (QED) is 0.555. The van der Waals surface area contributed by atoms with Gasteiger partial charge in [0, 0.05) is 28.2 Å². The molecule has 0 unspecified atom stereocenters. The van der Waals surface area contributed by atoms with Gasteiger partial charge in [0.2, 0.25) is 0 Å². The summed E-state index contributed by atoms with van der Waals surface area (Å²) in [4.78, 5) is 25.8. The Balaban J connectivity index is 1.93. The van der Waals surface area contributed by atoms with Crippen LogP contribution in [0.5, 0.6) is 0 Å². The third-order valence-corrected chi connectivity index (χ3v) is 3.93. The smallest absolute Gasteiger partial charge is 0.274 e. The third-order valence-electron chi connectivity index (χ3n) is 3.53. The second-order valence-corrected chi connectivity index (χ2v) is 5.45. The lowest BCUT2D eigenvalue weighted by Gasteiger charge is -2.05. The number of para-hydroxylation sites is 1. The van der Waals surface area contributed by atoms with Gasteiger partial charge in [0.15, 0.2) is 0 Å².